The third kappa shape index (κ3) is 3.40. The molecule has 0 fully saturated rings. The molecule has 0 spiro atoms. The van der Waals surface area contributed by atoms with Gasteiger partial charge < -0.3 is 10.4 Å². The molecule has 1 aromatic rings. The van der Waals surface area contributed by atoms with Gasteiger partial charge in [0, 0.05) is 6.07 Å². The van der Waals surface area contributed by atoms with E-state index in [1.54, 1.807) is 13.0 Å². The van der Waals surface area contributed by atoms with E-state index in [1.807, 2.05) is 13.8 Å². The lowest BCUT2D eigenvalue weighted by atomic mass is 10.00. The molecule has 0 aliphatic rings. The SMILES string of the molecule is CC[C@@H](C)[C@@H](CO)Nc1ccc([N+](=O)[O-])c(C)n1. The van der Waals surface area contributed by atoms with E-state index in [2.05, 4.69) is 10.3 Å². The van der Waals surface area contributed by atoms with Crippen molar-refractivity contribution >= 4 is 11.5 Å². The number of anilines is 1. The summed E-state index contributed by atoms with van der Waals surface area (Å²) in [5.74, 6) is 0.852. The smallest absolute Gasteiger partial charge is 0.290 e. The number of aromatic nitrogens is 1. The van der Waals surface area contributed by atoms with E-state index in [4.69, 9.17) is 0 Å². The average molecular weight is 253 g/mol. The van der Waals surface area contributed by atoms with Gasteiger partial charge in [-0.15, -0.1) is 0 Å². The highest BCUT2D eigenvalue weighted by Gasteiger charge is 2.17. The van der Waals surface area contributed by atoms with Gasteiger partial charge in [0.1, 0.15) is 11.5 Å². The van der Waals surface area contributed by atoms with Gasteiger partial charge in [0.05, 0.1) is 17.6 Å². The van der Waals surface area contributed by atoms with Crippen molar-refractivity contribution in [1.82, 2.24) is 4.98 Å². The topological polar surface area (TPSA) is 88.3 Å². The summed E-state index contributed by atoms with van der Waals surface area (Å²) in [6.45, 7) is 5.68. The fourth-order valence-corrected chi connectivity index (χ4v) is 1.67. The molecule has 0 radical (unpaired) electrons. The van der Waals surface area contributed by atoms with Gasteiger partial charge in [-0.1, -0.05) is 20.3 Å². The third-order valence-electron chi connectivity index (χ3n) is 3.12. The lowest BCUT2D eigenvalue weighted by Gasteiger charge is -2.22. The van der Waals surface area contributed by atoms with Crippen LogP contribution in [0.3, 0.4) is 0 Å². The van der Waals surface area contributed by atoms with Crippen molar-refractivity contribution in [3.63, 3.8) is 0 Å². The second kappa shape index (κ2) is 6.30. The van der Waals surface area contributed by atoms with Crippen molar-refractivity contribution in [2.24, 2.45) is 5.92 Å². The van der Waals surface area contributed by atoms with E-state index in [0.717, 1.165) is 6.42 Å². The third-order valence-corrected chi connectivity index (χ3v) is 3.12. The standard InChI is InChI=1S/C12H19N3O3/c1-4-8(2)10(7-16)14-12-6-5-11(15(17)18)9(3)13-12/h5-6,8,10,16H,4,7H2,1-3H3,(H,13,14)/t8-,10-/m1/s1. The maximum absolute atomic E-state index is 10.7. The summed E-state index contributed by atoms with van der Waals surface area (Å²) in [5, 5.41) is 23.1. The summed E-state index contributed by atoms with van der Waals surface area (Å²) in [6.07, 6.45) is 0.935. The van der Waals surface area contributed by atoms with Gasteiger partial charge in [0.15, 0.2) is 0 Å². The number of hydrogen-bond donors (Lipinski definition) is 2. The van der Waals surface area contributed by atoms with Crippen LogP contribution in [0.5, 0.6) is 0 Å². The molecule has 0 aliphatic carbocycles. The van der Waals surface area contributed by atoms with Crippen LogP contribution in [0.4, 0.5) is 11.5 Å². The molecule has 0 saturated carbocycles. The number of aliphatic hydroxyl groups excluding tert-OH is 1. The predicted octanol–water partition coefficient (Wildman–Crippen LogP) is 2.12. The summed E-state index contributed by atoms with van der Waals surface area (Å²) in [5.41, 5.74) is 0.371. The average Bonchev–Trinajstić information content (AvgIpc) is 2.34. The Morgan fingerprint density at radius 1 is 1.56 bits per heavy atom. The highest BCUT2D eigenvalue weighted by Crippen LogP contribution is 2.19. The Bertz CT molecular complexity index is 423. The first-order valence-electron chi connectivity index (χ1n) is 5.99. The van der Waals surface area contributed by atoms with Crippen LogP contribution in [-0.2, 0) is 0 Å². The number of aliphatic hydroxyl groups is 1. The molecule has 0 aliphatic heterocycles. The number of nitrogens with one attached hydrogen (secondary N) is 1. The van der Waals surface area contributed by atoms with Gasteiger partial charge in [-0.3, -0.25) is 10.1 Å². The molecule has 2 atom stereocenters. The van der Waals surface area contributed by atoms with Crippen molar-refractivity contribution in [2.75, 3.05) is 11.9 Å². The predicted molar refractivity (Wildman–Crippen MR) is 69.6 cm³/mol. The Hall–Kier alpha value is -1.69. The molecule has 0 aromatic carbocycles. The van der Waals surface area contributed by atoms with E-state index >= 15 is 0 Å². The summed E-state index contributed by atoms with van der Waals surface area (Å²) < 4.78 is 0. The van der Waals surface area contributed by atoms with E-state index in [1.165, 1.54) is 6.07 Å². The van der Waals surface area contributed by atoms with Crippen LogP contribution in [0.15, 0.2) is 12.1 Å². The van der Waals surface area contributed by atoms with Gasteiger partial charge in [0.2, 0.25) is 0 Å². The molecule has 100 valence electrons. The monoisotopic (exact) mass is 253 g/mol. The number of rotatable bonds is 6. The van der Waals surface area contributed by atoms with E-state index < -0.39 is 4.92 Å². The molecular weight excluding hydrogens is 234 g/mol. The number of aryl methyl sites for hydroxylation is 1. The molecule has 1 aromatic heterocycles. The second-order valence-electron chi connectivity index (χ2n) is 4.38. The molecule has 0 amide bonds. The molecular formula is C12H19N3O3. The summed E-state index contributed by atoms with van der Waals surface area (Å²) in [7, 11) is 0. The van der Waals surface area contributed by atoms with Crippen molar-refractivity contribution in [3.8, 4) is 0 Å². The number of nitro groups is 1. The van der Waals surface area contributed by atoms with Crippen LogP contribution >= 0.6 is 0 Å². The van der Waals surface area contributed by atoms with Crippen LogP contribution in [0.25, 0.3) is 0 Å². The van der Waals surface area contributed by atoms with E-state index in [9.17, 15) is 15.2 Å². The first kappa shape index (κ1) is 14.4. The molecule has 6 nitrogen and oxygen atoms in total. The molecule has 0 unspecified atom stereocenters. The Balaban J connectivity index is 2.85. The fraction of sp³-hybridized carbons (Fsp3) is 0.583. The Morgan fingerprint density at radius 2 is 2.22 bits per heavy atom. The lowest BCUT2D eigenvalue weighted by Crippen LogP contribution is -2.31. The zero-order valence-electron chi connectivity index (χ0n) is 10.9. The van der Waals surface area contributed by atoms with Crippen molar-refractivity contribution in [2.45, 2.75) is 33.2 Å². The van der Waals surface area contributed by atoms with Crippen molar-refractivity contribution in [3.05, 3.63) is 27.9 Å². The summed E-state index contributed by atoms with van der Waals surface area (Å²) in [4.78, 5) is 14.4. The lowest BCUT2D eigenvalue weighted by molar-refractivity contribution is -0.385. The van der Waals surface area contributed by atoms with Gasteiger partial charge in [-0.2, -0.15) is 0 Å². The second-order valence-corrected chi connectivity index (χ2v) is 4.38. The molecule has 6 heteroatoms. The van der Waals surface area contributed by atoms with Crippen molar-refractivity contribution < 1.29 is 10.0 Å². The minimum absolute atomic E-state index is 0.00429. The fourth-order valence-electron chi connectivity index (χ4n) is 1.67. The van der Waals surface area contributed by atoms with Crippen LogP contribution < -0.4 is 5.32 Å². The quantitative estimate of drug-likeness (QED) is 0.598. The van der Waals surface area contributed by atoms with Gasteiger partial charge in [0.25, 0.3) is 5.69 Å². The largest absolute Gasteiger partial charge is 0.394 e. The van der Waals surface area contributed by atoms with Gasteiger partial charge in [-0.25, -0.2) is 4.98 Å². The first-order valence-corrected chi connectivity index (χ1v) is 5.99. The van der Waals surface area contributed by atoms with Crippen LogP contribution in [-0.4, -0.2) is 27.7 Å². The van der Waals surface area contributed by atoms with Crippen LogP contribution in [0.2, 0.25) is 0 Å². The molecule has 2 N–H and O–H groups in total. The zero-order valence-corrected chi connectivity index (χ0v) is 10.9. The normalized spacial score (nSPS) is 14.0. The molecule has 1 rings (SSSR count). The van der Waals surface area contributed by atoms with E-state index in [-0.39, 0.29) is 18.3 Å². The Morgan fingerprint density at radius 3 is 2.67 bits per heavy atom. The van der Waals surface area contributed by atoms with Crippen LogP contribution in [0.1, 0.15) is 26.0 Å². The Labute approximate surface area is 106 Å². The van der Waals surface area contributed by atoms with Crippen molar-refractivity contribution in [1.29, 1.82) is 0 Å². The minimum Gasteiger partial charge on any atom is -0.394 e. The minimum atomic E-state index is -0.454. The summed E-state index contributed by atoms with van der Waals surface area (Å²) >= 11 is 0. The summed E-state index contributed by atoms with van der Waals surface area (Å²) in [6, 6.07) is 2.90. The maximum Gasteiger partial charge on any atom is 0.290 e. The molecule has 0 saturated heterocycles. The van der Waals surface area contributed by atoms with Gasteiger partial charge >= 0.3 is 0 Å². The first-order chi connectivity index (χ1) is 8.49. The maximum atomic E-state index is 10.7. The molecule has 0 bridgehead atoms. The Kier molecular flexibility index (Phi) is 5.03. The zero-order chi connectivity index (χ0) is 13.7. The van der Waals surface area contributed by atoms with E-state index in [0.29, 0.717) is 17.4 Å². The number of nitrogens with zero attached hydrogens (tertiary/aromatic N) is 2. The number of hydrogen-bond acceptors (Lipinski definition) is 5. The highest BCUT2D eigenvalue weighted by molar-refractivity contribution is 5.45. The highest BCUT2D eigenvalue weighted by atomic mass is 16.6. The van der Waals surface area contributed by atoms with Gasteiger partial charge in [-0.05, 0) is 18.9 Å². The molecule has 1 heterocycles. The van der Waals surface area contributed by atoms with Crippen LogP contribution in [0, 0.1) is 23.0 Å². The number of pyridine rings is 1. The molecule has 18 heavy (non-hydrogen) atoms.